The van der Waals surface area contributed by atoms with Gasteiger partial charge in [-0.05, 0) is 30.5 Å². The first-order chi connectivity index (χ1) is 14.6. The van der Waals surface area contributed by atoms with E-state index in [4.69, 9.17) is 0 Å². The van der Waals surface area contributed by atoms with Crippen LogP contribution in [0.4, 0.5) is 13.9 Å². The SMILES string of the molecule is CCCC(NC(=O)[C@@H](O)c1cc(F)cc(F)c1)C(=O)Nc1nnc(C(C)(C)CCC)s1. The molecule has 1 aromatic heterocycles. The molecule has 0 aliphatic heterocycles. The lowest BCUT2D eigenvalue weighted by molar-refractivity contribution is -0.133. The molecule has 2 aromatic rings. The van der Waals surface area contributed by atoms with Crippen LogP contribution >= 0.6 is 11.3 Å². The Morgan fingerprint density at radius 1 is 1.10 bits per heavy atom. The number of nitrogens with zero attached hydrogens (tertiary/aromatic N) is 2. The number of anilines is 1. The Balaban J connectivity index is 2.08. The lowest BCUT2D eigenvalue weighted by Crippen LogP contribution is -2.45. The molecule has 1 aromatic carbocycles. The highest BCUT2D eigenvalue weighted by Gasteiger charge is 2.28. The van der Waals surface area contributed by atoms with Gasteiger partial charge in [-0.3, -0.25) is 14.9 Å². The summed E-state index contributed by atoms with van der Waals surface area (Å²) in [7, 11) is 0. The third-order valence-electron chi connectivity index (χ3n) is 4.77. The maximum Gasteiger partial charge on any atom is 0.254 e. The van der Waals surface area contributed by atoms with Crippen LogP contribution < -0.4 is 10.6 Å². The largest absolute Gasteiger partial charge is 0.378 e. The summed E-state index contributed by atoms with van der Waals surface area (Å²) >= 11 is 1.27. The van der Waals surface area contributed by atoms with Crippen molar-refractivity contribution in [1.29, 1.82) is 0 Å². The molecule has 170 valence electrons. The number of aliphatic hydroxyl groups excluding tert-OH is 1. The summed E-state index contributed by atoms with van der Waals surface area (Å²) < 4.78 is 26.8. The number of aromatic nitrogens is 2. The highest BCUT2D eigenvalue weighted by Crippen LogP contribution is 2.32. The van der Waals surface area contributed by atoms with Crippen LogP contribution in [0.2, 0.25) is 0 Å². The first-order valence-electron chi connectivity index (χ1n) is 10.2. The van der Waals surface area contributed by atoms with Gasteiger partial charge in [-0.15, -0.1) is 10.2 Å². The molecule has 0 bridgehead atoms. The second-order valence-electron chi connectivity index (χ2n) is 7.99. The fraction of sp³-hybridized carbons (Fsp3) is 0.524. The van der Waals surface area contributed by atoms with Gasteiger partial charge in [0.05, 0.1) is 0 Å². The standard InChI is InChI=1S/C21H28F2N4O3S/c1-5-7-15(24-18(30)16(28)12-9-13(22)11-14(23)10-12)17(29)25-20-27-26-19(31-20)21(3,4)8-6-2/h9-11,15-16,28H,5-8H2,1-4H3,(H,24,30)(H,25,27,29)/t15?,16-/m0/s1. The van der Waals surface area contributed by atoms with Crippen LogP contribution in [0, 0.1) is 11.6 Å². The van der Waals surface area contributed by atoms with Crippen LogP contribution in [0.25, 0.3) is 0 Å². The molecule has 0 spiro atoms. The zero-order valence-electron chi connectivity index (χ0n) is 18.0. The van der Waals surface area contributed by atoms with E-state index in [1.165, 1.54) is 11.3 Å². The van der Waals surface area contributed by atoms with Gasteiger partial charge in [0.2, 0.25) is 11.0 Å². The van der Waals surface area contributed by atoms with Gasteiger partial charge < -0.3 is 10.4 Å². The van der Waals surface area contributed by atoms with E-state index in [2.05, 4.69) is 41.6 Å². The van der Waals surface area contributed by atoms with Crippen molar-refractivity contribution >= 4 is 28.3 Å². The molecule has 0 fully saturated rings. The van der Waals surface area contributed by atoms with E-state index in [0.717, 1.165) is 30.0 Å². The predicted octanol–water partition coefficient (Wildman–Crippen LogP) is 3.85. The van der Waals surface area contributed by atoms with Crippen LogP contribution in [0.1, 0.15) is 70.1 Å². The number of benzene rings is 1. The van der Waals surface area contributed by atoms with Crippen molar-refractivity contribution in [2.24, 2.45) is 0 Å². The second-order valence-corrected chi connectivity index (χ2v) is 8.97. The maximum absolute atomic E-state index is 13.4. The zero-order chi connectivity index (χ0) is 23.2. The third-order valence-corrected chi connectivity index (χ3v) is 5.97. The van der Waals surface area contributed by atoms with Crippen molar-refractivity contribution in [2.75, 3.05) is 5.32 Å². The molecule has 0 aliphatic rings. The normalized spacial score (nSPS) is 13.5. The minimum absolute atomic E-state index is 0.170. The van der Waals surface area contributed by atoms with E-state index < -0.39 is 35.6 Å². The van der Waals surface area contributed by atoms with Crippen molar-refractivity contribution < 1.29 is 23.5 Å². The minimum atomic E-state index is -1.82. The summed E-state index contributed by atoms with van der Waals surface area (Å²) in [4.78, 5) is 25.1. The summed E-state index contributed by atoms with van der Waals surface area (Å²) in [5.41, 5.74) is -0.408. The molecule has 0 saturated heterocycles. The lowest BCUT2D eigenvalue weighted by Gasteiger charge is -2.20. The van der Waals surface area contributed by atoms with E-state index in [9.17, 15) is 23.5 Å². The Kier molecular flexibility index (Phi) is 8.58. The fourth-order valence-electron chi connectivity index (χ4n) is 3.16. The van der Waals surface area contributed by atoms with E-state index in [-0.39, 0.29) is 11.0 Å². The van der Waals surface area contributed by atoms with Gasteiger partial charge in [0, 0.05) is 11.5 Å². The first kappa shape index (κ1) is 24.8. The minimum Gasteiger partial charge on any atom is -0.378 e. The van der Waals surface area contributed by atoms with Crippen LogP contribution in [-0.4, -0.2) is 33.2 Å². The smallest absolute Gasteiger partial charge is 0.254 e. The number of carbonyl (C=O) groups excluding carboxylic acids is 2. The summed E-state index contributed by atoms with van der Waals surface area (Å²) in [5.74, 6) is -3.27. The van der Waals surface area contributed by atoms with Crippen LogP contribution in [0.15, 0.2) is 18.2 Å². The fourth-order valence-corrected chi connectivity index (χ4v) is 4.04. The maximum atomic E-state index is 13.4. The molecular formula is C21H28F2N4O3S. The van der Waals surface area contributed by atoms with Gasteiger partial charge in [0.25, 0.3) is 5.91 Å². The molecule has 2 amide bonds. The Morgan fingerprint density at radius 3 is 2.32 bits per heavy atom. The molecule has 2 atom stereocenters. The summed E-state index contributed by atoms with van der Waals surface area (Å²) in [6.45, 7) is 8.02. The van der Waals surface area contributed by atoms with Crippen molar-refractivity contribution in [1.82, 2.24) is 15.5 Å². The molecule has 0 saturated carbocycles. The third kappa shape index (κ3) is 6.76. The van der Waals surface area contributed by atoms with Gasteiger partial charge in [0.1, 0.15) is 22.7 Å². The first-order valence-corrected chi connectivity index (χ1v) is 11.0. The van der Waals surface area contributed by atoms with Gasteiger partial charge >= 0.3 is 0 Å². The predicted molar refractivity (Wildman–Crippen MR) is 115 cm³/mol. The number of hydrogen-bond acceptors (Lipinski definition) is 6. The lowest BCUT2D eigenvalue weighted by atomic mass is 9.89. The van der Waals surface area contributed by atoms with Crippen LogP contribution in [0.5, 0.6) is 0 Å². The number of nitrogens with one attached hydrogen (secondary N) is 2. The molecule has 3 N–H and O–H groups in total. The number of amides is 2. The van der Waals surface area contributed by atoms with Gasteiger partial charge in [-0.2, -0.15) is 0 Å². The molecule has 7 nitrogen and oxygen atoms in total. The summed E-state index contributed by atoms with van der Waals surface area (Å²) in [6.07, 6.45) is 0.960. The van der Waals surface area contributed by atoms with Gasteiger partial charge in [0.15, 0.2) is 6.10 Å². The van der Waals surface area contributed by atoms with E-state index in [0.29, 0.717) is 24.0 Å². The Labute approximate surface area is 184 Å². The molecule has 1 heterocycles. The van der Waals surface area contributed by atoms with Gasteiger partial charge in [-0.1, -0.05) is 51.9 Å². The second kappa shape index (κ2) is 10.7. The van der Waals surface area contributed by atoms with Crippen molar-refractivity contribution in [3.63, 3.8) is 0 Å². The number of rotatable bonds is 10. The molecule has 0 radical (unpaired) electrons. The Bertz CT molecular complexity index is 900. The van der Waals surface area contributed by atoms with Crippen molar-refractivity contribution in [3.8, 4) is 0 Å². The zero-order valence-corrected chi connectivity index (χ0v) is 18.9. The topological polar surface area (TPSA) is 104 Å². The van der Waals surface area contributed by atoms with Crippen LogP contribution in [0.3, 0.4) is 0 Å². The highest BCUT2D eigenvalue weighted by molar-refractivity contribution is 7.15. The van der Waals surface area contributed by atoms with Crippen molar-refractivity contribution in [3.05, 3.63) is 40.4 Å². The molecule has 0 aliphatic carbocycles. The summed E-state index contributed by atoms with van der Waals surface area (Å²) in [6, 6.07) is 1.41. The van der Waals surface area contributed by atoms with Gasteiger partial charge in [-0.25, -0.2) is 8.78 Å². The monoisotopic (exact) mass is 454 g/mol. The van der Waals surface area contributed by atoms with Crippen molar-refractivity contribution in [2.45, 2.75) is 70.9 Å². The van der Waals surface area contributed by atoms with Crippen LogP contribution in [-0.2, 0) is 15.0 Å². The average Bonchev–Trinajstić information content (AvgIpc) is 3.15. The number of carbonyl (C=O) groups is 2. The number of halogens is 2. The highest BCUT2D eigenvalue weighted by atomic mass is 32.1. The summed E-state index contributed by atoms with van der Waals surface area (Å²) in [5, 5.41) is 24.6. The number of hydrogen-bond donors (Lipinski definition) is 3. The quantitative estimate of drug-likeness (QED) is 0.506. The number of aliphatic hydroxyl groups is 1. The molecular weight excluding hydrogens is 426 g/mol. The Hall–Kier alpha value is -2.46. The molecule has 31 heavy (non-hydrogen) atoms. The molecule has 10 heteroatoms. The van der Waals surface area contributed by atoms with E-state index in [1.54, 1.807) is 0 Å². The van der Waals surface area contributed by atoms with E-state index in [1.807, 2.05) is 6.92 Å². The average molecular weight is 455 g/mol. The Morgan fingerprint density at radius 2 is 1.74 bits per heavy atom. The van der Waals surface area contributed by atoms with E-state index >= 15 is 0 Å². The molecule has 1 unspecified atom stereocenters. The molecule has 2 rings (SSSR count).